The molecule has 98 valence electrons. The number of amides is 3. The molecule has 0 spiro atoms. The zero-order chi connectivity index (χ0) is 12.8. The summed E-state index contributed by atoms with van der Waals surface area (Å²) in [6.45, 7) is 3.71. The number of imide groups is 1. The van der Waals surface area contributed by atoms with Gasteiger partial charge in [-0.2, -0.15) is 0 Å². The van der Waals surface area contributed by atoms with E-state index in [9.17, 15) is 14.7 Å². The van der Waals surface area contributed by atoms with E-state index in [2.05, 4.69) is 22.5 Å². The van der Waals surface area contributed by atoms with Crippen LogP contribution in [0.25, 0.3) is 0 Å². The molecule has 0 aliphatic carbocycles. The van der Waals surface area contributed by atoms with Crippen molar-refractivity contribution in [3.63, 3.8) is 0 Å². The fraction of sp³-hybridized carbons (Fsp3) is 0.818. The lowest BCUT2D eigenvalue weighted by molar-refractivity contribution is -0.120. The van der Waals surface area contributed by atoms with Gasteiger partial charge in [0.15, 0.2) is 0 Å². The highest BCUT2D eigenvalue weighted by Crippen LogP contribution is 2.23. The van der Waals surface area contributed by atoms with E-state index in [1.54, 1.807) is 0 Å². The average molecular weight is 243 g/mol. The molecule has 17 heavy (non-hydrogen) atoms. The van der Waals surface area contributed by atoms with E-state index in [0.717, 1.165) is 13.0 Å². The minimum absolute atomic E-state index is 0.123. The van der Waals surface area contributed by atoms with Crippen molar-refractivity contribution in [1.82, 2.24) is 15.5 Å². The normalized spacial score (nSPS) is 24.6. The minimum atomic E-state index is -0.483. The van der Waals surface area contributed by atoms with Gasteiger partial charge < -0.3 is 10.4 Å². The molecule has 1 heterocycles. The zero-order valence-corrected chi connectivity index (χ0v) is 10.4. The van der Waals surface area contributed by atoms with E-state index >= 15 is 0 Å². The first-order valence-corrected chi connectivity index (χ1v) is 5.95. The van der Waals surface area contributed by atoms with Crippen LogP contribution in [0.3, 0.4) is 0 Å². The molecule has 1 saturated heterocycles. The number of carbonyl (C=O) groups is 2. The minimum Gasteiger partial charge on any atom is -0.395 e. The second kappa shape index (κ2) is 6.56. The summed E-state index contributed by atoms with van der Waals surface area (Å²) in [7, 11) is 1.46. The summed E-state index contributed by atoms with van der Waals surface area (Å²) >= 11 is 0. The fourth-order valence-corrected chi connectivity index (χ4v) is 2.16. The van der Waals surface area contributed by atoms with Crippen LogP contribution < -0.4 is 10.6 Å². The summed E-state index contributed by atoms with van der Waals surface area (Å²) in [4.78, 5) is 24.4. The van der Waals surface area contributed by atoms with Crippen LogP contribution in [0.5, 0.6) is 0 Å². The number of aliphatic hydroxyl groups is 1. The maximum absolute atomic E-state index is 11.4. The van der Waals surface area contributed by atoms with Gasteiger partial charge in [-0.25, -0.2) is 4.79 Å². The van der Waals surface area contributed by atoms with Crippen molar-refractivity contribution in [3.8, 4) is 0 Å². The summed E-state index contributed by atoms with van der Waals surface area (Å²) in [5.41, 5.74) is 0. The van der Waals surface area contributed by atoms with E-state index < -0.39 is 6.03 Å². The molecule has 6 nitrogen and oxygen atoms in total. The maximum Gasteiger partial charge on any atom is 0.321 e. The van der Waals surface area contributed by atoms with Gasteiger partial charge >= 0.3 is 6.03 Å². The van der Waals surface area contributed by atoms with Gasteiger partial charge in [0.1, 0.15) is 0 Å². The van der Waals surface area contributed by atoms with Crippen molar-refractivity contribution in [2.75, 3.05) is 26.7 Å². The molecule has 2 unspecified atom stereocenters. The predicted octanol–water partition coefficient (Wildman–Crippen LogP) is -0.465. The first kappa shape index (κ1) is 13.9. The third-order valence-corrected chi connectivity index (χ3v) is 3.29. The average Bonchev–Trinajstić information content (AvgIpc) is 2.66. The highest BCUT2D eigenvalue weighted by atomic mass is 16.3. The number of hydrogen-bond acceptors (Lipinski definition) is 4. The molecule has 0 saturated carbocycles. The number of rotatable bonds is 4. The van der Waals surface area contributed by atoms with Crippen molar-refractivity contribution >= 4 is 11.9 Å². The molecule has 6 heteroatoms. The molecule has 0 aromatic rings. The van der Waals surface area contributed by atoms with Gasteiger partial charge in [0, 0.05) is 26.1 Å². The van der Waals surface area contributed by atoms with Gasteiger partial charge in [0.25, 0.3) is 0 Å². The number of nitrogens with one attached hydrogen (secondary N) is 2. The second-order valence-corrected chi connectivity index (χ2v) is 4.43. The lowest BCUT2D eigenvalue weighted by Gasteiger charge is -2.24. The molecule has 0 bridgehead atoms. The predicted molar refractivity (Wildman–Crippen MR) is 63.4 cm³/mol. The van der Waals surface area contributed by atoms with Crippen molar-refractivity contribution in [2.45, 2.75) is 25.8 Å². The van der Waals surface area contributed by atoms with Crippen LogP contribution in [0.2, 0.25) is 0 Å². The Bertz CT molecular complexity index is 283. The Morgan fingerprint density at radius 2 is 2.18 bits per heavy atom. The molecule has 1 fully saturated rings. The largest absolute Gasteiger partial charge is 0.395 e. The first-order valence-electron chi connectivity index (χ1n) is 5.95. The van der Waals surface area contributed by atoms with E-state index in [0.29, 0.717) is 12.5 Å². The molecule has 3 amide bonds. The Morgan fingerprint density at radius 3 is 2.76 bits per heavy atom. The van der Waals surface area contributed by atoms with E-state index in [1.165, 1.54) is 7.05 Å². The zero-order valence-electron chi connectivity index (χ0n) is 10.4. The van der Waals surface area contributed by atoms with Crippen molar-refractivity contribution in [1.29, 1.82) is 0 Å². The molecular weight excluding hydrogens is 222 g/mol. The Hall–Kier alpha value is -1.14. The summed E-state index contributed by atoms with van der Waals surface area (Å²) in [5.74, 6) is 0.169. The number of nitrogens with zero attached hydrogens (tertiary/aromatic N) is 1. The fourth-order valence-electron chi connectivity index (χ4n) is 2.16. The van der Waals surface area contributed by atoms with Gasteiger partial charge in [-0.15, -0.1) is 0 Å². The van der Waals surface area contributed by atoms with Gasteiger partial charge in [0.2, 0.25) is 5.91 Å². The van der Waals surface area contributed by atoms with Crippen LogP contribution in [0.1, 0.15) is 19.8 Å². The number of carbonyl (C=O) groups excluding carboxylic acids is 2. The summed E-state index contributed by atoms with van der Waals surface area (Å²) in [5, 5.41) is 13.8. The van der Waals surface area contributed by atoms with Crippen LogP contribution in [0.15, 0.2) is 0 Å². The summed E-state index contributed by atoms with van der Waals surface area (Å²) in [6.07, 6.45) is 1.32. The van der Waals surface area contributed by atoms with Gasteiger partial charge in [-0.3, -0.25) is 15.0 Å². The topological polar surface area (TPSA) is 81.7 Å². The van der Waals surface area contributed by atoms with E-state index in [-0.39, 0.29) is 25.0 Å². The van der Waals surface area contributed by atoms with Crippen molar-refractivity contribution < 1.29 is 14.7 Å². The van der Waals surface area contributed by atoms with E-state index in [4.69, 9.17) is 0 Å². The smallest absolute Gasteiger partial charge is 0.321 e. The molecule has 1 rings (SSSR count). The Kier molecular flexibility index (Phi) is 5.37. The second-order valence-electron chi connectivity index (χ2n) is 4.43. The van der Waals surface area contributed by atoms with E-state index in [1.807, 2.05) is 0 Å². The lowest BCUT2D eigenvalue weighted by Crippen LogP contribution is -2.41. The van der Waals surface area contributed by atoms with Crippen LogP contribution in [0, 0.1) is 5.92 Å². The van der Waals surface area contributed by atoms with Crippen molar-refractivity contribution in [2.24, 2.45) is 5.92 Å². The molecule has 1 aliphatic heterocycles. The van der Waals surface area contributed by atoms with Crippen LogP contribution in [-0.4, -0.2) is 54.7 Å². The van der Waals surface area contributed by atoms with Gasteiger partial charge in [0.05, 0.1) is 6.61 Å². The molecule has 0 aromatic carbocycles. The quantitative estimate of drug-likeness (QED) is 0.624. The monoisotopic (exact) mass is 243 g/mol. The molecular formula is C11H21N3O3. The maximum atomic E-state index is 11.4. The van der Waals surface area contributed by atoms with Gasteiger partial charge in [-0.1, -0.05) is 6.92 Å². The summed E-state index contributed by atoms with van der Waals surface area (Å²) in [6, 6.07) is -0.341. The standard InChI is InChI=1S/C11H21N3O3/c1-8-3-5-14(9(8)7-15)6-4-10(16)13-11(17)12-2/h8-9,15H,3-7H2,1-2H3,(H2,12,13,16,17). The van der Waals surface area contributed by atoms with Crippen LogP contribution >= 0.6 is 0 Å². The molecule has 0 aromatic heterocycles. The number of urea groups is 1. The Balaban J connectivity index is 2.30. The Labute approximate surface area is 101 Å². The number of hydrogen-bond donors (Lipinski definition) is 3. The number of likely N-dealkylation sites (tertiary alicyclic amines) is 1. The highest BCUT2D eigenvalue weighted by molar-refractivity contribution is 5.94. The Morgan fingerprint density at radius 1 is 1.47 bits per heavy atom. The SMILES string of the molecule is CNC(=O)NC(=O)CCN1CCC(C)C1CO. The molecule has 0 radical (unpaired) electrons. The molecule has 1 aliphatic rings. The molecule has 3 N–H and O–H groups in total. The van der Waals surface area contributed by atoms with Crippen LogP contribution in [0.4, 0.5) is 4.79 Å². The first-order chi connectivity index (χ1) is 8.08. The molecule has 2 atom stereocenters. The van der Waals surface area contributed by atoms with Gasteiger partial charge in [-0.05, 0) is 18.9 Å². The summed E-state index contributed by atoms with van der Waals surface area (Å²) < 4.78 is 0. The third-order valence-electron chi connectivity index (χ3n) is 3.29. The third kappa shape index (κ3) is 3.98. The number of aliphatic hydroxyl groups excluding tert-OH is 1. The lowest BCUT2D eigenvalue weighted by atomic mass is 10.0. The van der Waals surface area contributed by atoms with Crippen molar-refractivity contribution in [3.05, 3.63) is 0 Å². The van der Waals surface area contributed by atoms with Crippen LogP contribution in [-0.2, 0) is 4.79 Å². The highest BCUT2D eigenvalue weighted by Gasteiger charge is 2.30.